The lowest BCUT2D eigenvalue weighted by atomic mass is 10.3. The van der Waals surface area contributed by atoms with Crippen molar-refractivity contribution in [2.75, 3.05) is 5.32 Å². The van der Waals surface area contributed by atoms with Crippen LogP contribution in [-0.4, -0.2) is 9.97 Å². The summed E-state index contributed by atoms with van der Waals surface area (Å²) in [6, 6.07) is 7.22. The molecule has 0 atom stereocenters. The molecule has 0 saturated heterocycles. The van der Waals surface area contributed by atoms with Crippen molar-refractivity contribution in [3.8, 4) is 0 Å². The lowest BCUT2D eigenvalue weighted by Gasteiger charge is -2.07. The molecule has 0 unspecified atom stereocenters. The predicted octanol–water partition coefficient (Wildman–Crippen LogP) is 4.14. The van der Waals surface area contributed by atoms with Gasteiger partial charge in [-0.2, -0.15) is 0 Å². The van der Waals surface area contributed by atoms with Crippen LogP contribution in [0.5, 0.6) is 0 Å². The van der Waals surface area contributed by atoms with Crippen LogP contribution in [0, 0.1) is 13.8 Å². The van der Waals surface area contributed by atoms with Gasteiger partial charge in [0.15, 0.2) is 0 Å². The van der Waals surface area contributed by atoms with E-state index in [9.17, 15) is 0 Å². The number of hydrogen-bond donors (Lipinski definition) is 1. The van der Waals surface area contributed by atoms with E-state index in [0.717, 1.165) is 17.1 Å². The van der Waals surface area contributed by atoms with Crippen LogP contribution in [0.3, 0.4) is 0 Å². The topological polar surface area (TPSA) is 37.8 Å². The third-order valence-corrected chi connectivity index (χ3v) is 2.90. The van der Waals surface area contributed by atoms with Gasteiger partial charge in [-0.3, -0.25) is 0 Å². The number of aromatic nitrogens is 2. The van der Waals surface area contributed by atoms with Crippen LogP contribution >= 0.6 is 23.2 Å². The highest BCUT2D eigenvalue weighted by Gasteiger charge is 2.02. The second-order valence-corrected chi connectivity index (χ2v) is 4.54. The van der Waals surface area contributed by atoms with Crippen LogP contribution < -0.4 is 5.32 Å². The zero-order valence-electron chi connectivity index (χ0n) is 9.46. The molecule has 0 aliphatic carbocycles. The van der Waals surface area contributed by atoms with Gasteiger partial charge in [0.05, 0.1) is 10.0 Å². The van der Waals surface area contributed by atoms with Crippen molar-refractivity contribution in [1.82, 2.24) is 9.97 Å². The van der Waals surface area contributed by atoms with E-state index in [1.165, 1.54) is 0 Å². The fraction of sp³-hybridized carbons (Fsp3) is 0.167. The van der Waals surface area contributed by atoms with Crippen LogP contribution in [0.1, 0.15) is 11.4 Å². The maximum absolute atomic E-state index is 5.93. The molecule has 0 bridgehead atoms. The quantitative estimate of drug-likeness (QED) is 0.889. The lowest BCUT2D eigenvalue weighted by Crippen LogP contribution is -1.99. The average molecular weight is 268 g/mol. The molecule has 3 nitrogen and oxygen atoms in total. The second kappa shape index (κ2) is 4.90. The normalized spacial score (nSPS) is 10.4. The summed E-state index contributed by atoms with van der Waals surface area (Å²) in [5.41, 5.74) is 2.64. The van der Waals surface area contributed by atoms with Gasteiger partial charge in [-0.1, -0.05) is 23.2 Å². The molecule has 1 N–H and O–H groups in total. The number of aryl methyl sites for hydroxylation is 2. The van der Waals surface area contributed by atoms with Crippen molar-refractivity contribution in [2.24, 2.45) is 0 Å². The van der Waals surface area contributed by atoms with Crippen LogP contribution in [0.25, 0.3) is 0 Å². The molecule has 1 aromatic carbocycles. The number of halogens is 2. The molecular formula is C12H11Cl2N3. The van der Waals surface area contributed by atoms with Crippen LogP contribution in [-0.2, 0) is 0 Å². The minimum absolute atomic E-state index is 0.501. The first kappa shape index (κ1) is 12.1. The van der Waals surface area contributed by atoms with E-state index in [2.05, 4.69) is 15.3 Å². The highest BCUT2D eigenvalue weighted by molar-refractivity contribution is 6.42. The van der Waals surface area contributed by atoms with E-state index in [4.69, 9.17) is 23.2 Å². The summed E-state index contributed by atoms with van der Waals surface area (Å²) in [6.07, 6.45) is 0. The zero-order chi connectivity index (χ0) is 12.4. The summed E-state index contributed by atoms with van der Waals surface area (Å²) in [6.45, 7) is 3.85. The Morgan fingerprint density at radius 1 is 0.941 bits per heavy atom. The molecular weight excluding hydrogens is 257 g/mol. The van der Waals surface area contributed by atoms with Crippen LogP contribution in [0.15, 0.2) is 24.3 Å². The Balaban J connectivity index is 2.28. The largest absolute Gasteiger partial charge is 0.324 e. The SMILES string of the molecule is Cc1cc(C)nc(Nc2ccc(Cl)c(Cl)c2)n1. The molecule has 1 aromatic heterocycles. The molecule has 0 radical (unpaired) electrons. The molecule has 0 fully saturated rings. The summed E-state index contributed by atoms with van der Waals surface area (Å²) >= 11 is 11.8. The first-order valence-corrected chi connectivity index (χ1v) is 5.84. The smallest absolute Gasteiger partial charge is 0.227 e. The third-order valence-electron chi connectivity index (χ3n) is 2.16. The first-order valence-electron chi connectivity index (χ1n) is 5.09. The van der Waals surface area contributed by atoms with Gasteiger partial charge in [0.25, 0.3) is 0 Å². The van der Waals surface area contributed by atoms with Gasteiger partial charge in [-0.05, 0) is 38.1 Å². The number of hydrogen-bond acceptors (Lipinski definition) is 3. The summed E-state index contributed by atoms with van der Waals surface area (Å²) in [4.78, 5) is 8.57. The van der Waals surface area contributed by atoms with Gasteiger partial charge in [0.1, 0.15) is 0 Å². The number of benzene rings is 1. The Morgan fingerprint density at radius 2 is 1.59 bits per heavy atom. The van der Waals surface area contributed by atoms with Gasteiger partial charge in [0.2, 0.25) is 5.95 Å². The minimum Gasteiger partial charge on any atom is -0.324 e. The molecule has 88 valence electrons. The maximum atomic E-state index is 5.93. The van der Waals surface area contributed by atoms with E-state index >= 15 is 0 Å². The fourth-order valence-corrected chi connectivity index (χ4v) is 1.78. The molecule has 0 spiro atoms. The molecule has 0 aliphatic heterocycles. The monoisotopic (exact) mass is 267 g/mol. The van der Waals surface area contributed by atoms with E-state index in [1.54, 1.807) is 12.1 Å². The molecule has 0 saturated carbocycles. The average Bonchev–Trinajstić information content (AvgIpc) is 2.22. The third kappa shape index (κ3) is 3.08. The van der Waals surface area contributed by atoms with E-state index in [0.29, 0.717) is 16.0 Å². The Hall–Kier alpha value is -1.32. The Morgan fingerprint density at radius 3 is 2.18 bits per heavy atom. The number of nitrogens with zero attached hydrogens (tertiary/aromatic N) is 2. The second-order valence-electron chi connectivity index (χ2n) is 3.73. The standard InChI is InChI=1S/C12H11Cl2N3/c1-7-5-8(2)16-12(15-7)17-9-3-4-10(13)11(14)6-9/h3-6H,1-2H3,(H,15,16,17). The van der Waals surface area contributed by atoms with Gasteiger partial charge in [-0.25, -0.2) is 9.97 Å². The molecule has 5 heteroatoms. The minimum atomic E-state index is 0.501. The van der Waals surface area contributed by atoms with Crippen LogP contribution in [0.4, 0.5) is 11.6 Å². The Bertz CT molecular complexity index is 535. The predicted molar refractivity (Wildman–Crippen MR) is 71.3 cm³/mol. The molecule has 0 aliphatic rings. The Kier molecular flexibility index (Phi) is 3.50. The molecule has 1 heterocycles. The summed E-state index contributed by atoms with van der Waals surface area (Å²) < 4.78 is 0. The first-order chi connectivity index (χ1) is 8.04. The van der Waals surface area contributed by atoms with E-state index < -0.39 is 0 Å². The molecule has 0 amide bonds. The van der Waals surface area contributed by atoms with Crippen molar-refractivity contribution in [2.45, 2.75) is 13.8 Å². The number of rotatable bonds is 2. The summed E-state index contributed by atoms with van der Waals surface area (Å²) in [7, 11) is 0. The van der Waals surface area contributed by atoms with Crippen molar-refractivity contribution < 1.29 is 0 Å². The van der Waals surface area contributed by atoms with E-state index in [1.807, 2.05) is 26.0 Å². The van der Waals surface area contributed by atoms with Gasteiger partial charge in [-0.15, -0.1) is 0 Å². The maximum Gasteiger partial charge on any atom is 0.227 e. The van der Waals surface area contributed by atoms with Crippen molar-refractivity contribution in [3.05, 3.63) is 45.7 Å². The van der Waals surface area contributed by atoms with E-state index in [-0.39, 0.29) is 0 Å². The fourth-order valence-electron chi connectivity index (χ4n) is 1.48. The van der Waals surface area contributed by atoms with Gasteiger partial charge < -0.3 is 5.32 Å². The van der Waals surface area contributed by atoms with Crippen molar-refractivity contribution >= 4 is 34.8 Å². The van der Waals surface area contributed by atoms with Crippen molar-refractivity contribution in [3.63, 3.8) is 0 Å². The highest BCUT2D eigenvalue weighted by atomic mass is 35.5. The Labute approximate surface area is 110 Å². The molecule has 2 aromatic rings. The van der Waals surface area contributed by atoms with Crippen LogP contribution in [0.2, 0.25) is 10.0 Å². The summed E-state index contributed by atoms with van der Waals surface area (Å²) in [5.74, 6) is 0.556. The number of anilines is 2. The van der Waals surface area contributed by atoms with Gasteiger partial charge in [0, 0.05) is 17.1 Å². The number of nitrogens with one attached hydrogen (secondary N) is 1. The zero-order valence-corrected chi connectivity index (χ0v) is 11.0. The lowest BCUT2D eigenvalue weighted by molar-refractivity contribution is 1.06. The van der Waals surface area contributed by atoms with Crippen molar-refractivity contribution in [1.29, 1.82) is 0 Å². The van der Waals surface area contributed by atoms with Gasteiger partial charge >= 0.3 is 0 Å². The molecule has 2 rings (SSSR count). The highest BCUT2D eigenvalue weighted by Crippen LogP contribution is 2.26. The molecule has 17 heavy (non-hydrogen) atoms. The summed E-state index contributed by atoms with van der Waals surface area (Å²) in [5, 5.41) is 4.12.